The lowest BCUT2D eigenvalue weighted by atomic mass is 10.1. The third-order valence-corrected chi connectivity index (χ3v) is 3.67. The topological polar surface area (TPSA) is 99.7 Å². The number of amides is 3. The van der Waals surface area contributed by atoms with Crippen LogP contribution in [0.15, 0.2) is 53.6 Å². The molecule has 2 aromatic rings. The normalized spacial score (nSPS) is 10.9. The maximum absolute atomic E-state index is 12.2. The first-order valence-corrected chi connectivity index (χ1v) is 8.42. The van der Waals surface area contributed by atoms with Crippen molar-refractivity contribution in [3.8, 4) is 0 Å². The number of aryl methyl sites for hydroxylation is 1. The first-order valence-electron chi connectivity index (χ1n) is 8.42. The number of rotatable bonds is 6. The van der Waals surface area contributed by atoms with E-state index in [1.807, 2.05) is 19.1 Å². The third kappa shape index (κ3) is 6.07. The summed E-state index contributed by atoms with van der Waals surface area (Å²) in [6.07, 6.45) is 0.00244. The number of carbonyl (C=O) groups excluding carboxylic acids is 3. The molecule has 140 valence electrons. The molecule has 0 aliphatic rings. The fourth-order valence-electron chi connectivity index (χ4n) is 2.39. The zero-order valence-corrected chi connectivity index (χ0v) is 15.5. The molecular weight excluding hydrogens is 344 g/mol. The van der Waals surface area contributed by atoms with Gasteiger partial charge in [0.2, 0.25) is 11.8 Å². The molecule has 27 heavy (non-hydrogen) atoms. The molecular formula is C20H22N4O3. The van der Waals surface area contributed by atoms with Crippen LogP contribution in [0.25, 0.3) is 0 Å². The minimum Gasteiger partial charge on any atom is -0.325 e. The summed E-state index contributed by atoms with van der Waals surface area (Å²) in [5, 5.41) is 9.36. The van der Waals surface area contributed by atoms with Crippen LogP contribution in [0, 0.1) is 6.92 Å². The molecule has 0 aliphatic heterocycles. The molecule has 0 unspecified atom stereocenters. The first kappa shape index (κ1) is 19.8. The Balaban J connectivity index is 1.96. The quantitative estimate of drug-likeness (QED) is 0.541. The summed E-state index contributed by atoms with van der Waals surface area (Å²) < 4.78 is 0. The van der Waals surface area contributed by atoms with Crippen molar-refractivity contribution >= 4 is 34.8 Å². The van der Waals surface area contributed by atoms with E-state index < -0.39 is 0 Å². The maximum atomic E-state index is 12.2. The molecule has 0 aromatic heterocycles. The molecule has 0 radical (unpaired) electrons. The molecule has 0 atom stereocenters. The van der Waals surface area contributed by atoms with Crippen LogP contribution >= 0.6 is 0 Å². The summed E-state index contributed by atoms with van der Waals surface area (Å²) in [6.45, 7) is 4.88. The van der Waals surface area contributed by atoms with Gasteiger partial charge in [-0.25, -0.2) is 5.43 Å². The summed E-state index contributed by atoms with van der Waals surface area (Å²) >= 11 is 0. The van der Waals surface area contributed by atoms with Gasteiger partial charge in [-0.15, -0.1) is 0 Å². The molecule has 3 N–H and O–H groups in total. The predicted octanol–water partition coefficient (Wildman–Crippen LogP) is 3.09. The summed E-state index contributed by atoms with van der Waals surface area (Å²) in [4.78, 5) is 35.6. The Morgan fingerprint density at radius 1 is 0.889 bits per heavy atom. The van der Waals surface area contributed by atoms with Crippen LogP contribution < -0.4 is 16.1 Å². The average molecular weight is 366 g/mol. The summed E-state index contributed by atoms with van der Waals surface area (Å²) in [7, 11) is 0. The number of hydrogen-bond acceptors (Lipinski definition) is 4. The van der Waals surface area contributed by atoms with E-state index in [-0.39, 0.29) is 24.1 Å². The van der Waals surface area contributed by atoms with Crippen LogP contribution in [0.4, 0.5) is 11.4 Å². The molecule has 7 heteroatoms. The number of anilines is 2. The van der Waals surface area contributed by atoms with E-state index in [1.165, 1.54) is 6.92 Å². The zero-order valence-electron chi connectivity index (χ0n) is 15.5. The lowest BCUT2D eigenvalue weighted by molar-refractivity contribution is -0.115. The Labute approximate surface area is 157 Å². The fourth-order valence-corrected chi connectivity index (χ4v) is 2.39. The zero-order chi connectivity index (χ0) is 19.8. The summed E-state index contributed by atoms with van der Waals surface area (Å²) in [5.74, 6) is -0.864. The molecule has 7 nitrogen and oxygen atoms in total. The minimum atomic E-state index is -0.330. The minimum absolute atomic E-state index is 0.00244. The van der Waals surface area contributed by atoms with E-state index in [0.29, 0.717) is 22.6 Å². The number of para-hydroxylation sites is 2. The molecule has 0 aliphatic carbocycles. The standard InChI is InChI=1S/C20H22N4O3/c1-13-8-4-5-9-16(13)20(27)24-23-14(2)12-19(26)22-18-11-7-6-10-17(18)21-15(3)25/h4-11H,12H2,1-3H3,(H,21,25)(H,22,26)(H,24,27)/b23-14-. The van der Waals surface area contributed by atoms with Crippen molar-refractivity contribution < 1.29 is 14.4 Å². The van der Waals surface area contributed by atoms with E-state index in [4.69, 9.17) is 0 Å². The van der Waals surface area contributed by atoms with Crippen LogP contribution in [-0.2, 0) is 9.59 Å². The second-order valence-electron chi connectivity index (χ2n) is 6.05. The summed E-state index contributed by atoms with van der Waals surface area (Å²) in [6, 6.07) is 14.1. The molecule has 0 bridgehead atoms. The highest BCUT2D eigenvalue weighted by atomic mass is 16.2. The van der Waals surface area contributed by atoms with Gasteiger partial charge < -0.3 is 10.6 Å². The number of nitrogens with one attached hydrogen (secondary N) is 3. The van der Waals surface area contributed by atoms with Crippen molar-refractivity contribution in [3.63, 3.8) is 0 Å². The van der Waals surface area contributed by atoms with Crippen LogP contribution in [0.3, 0.4) is 0 Å². The van der Waals surface area contributed by atoms with E-state index in [9.17, 15) is 14.4 Å². The smallest absolute Gasteiger partial charge is 0.271 e. The van der Waals surface area contributed by atoms with Gasteiger partial charge in [0.1, 0.15) is 0 Å². The van der Waals surface area contributed by atoms with Gasteiger partial charge in [-0.1, -0.05) is 30.3 Å². The van der Waals surface area contributed by atoms with Crippen LogP contribution in [0.5, 0.6) is 0 Å². The van der Waals surface area contributed by atoms with Gasteiger partial charge in [-0.05, 0) is 37.6 Å². The van der Waals surface area contributed by atoms with Gasteiger partial charge in [0.05, 0.1) is 17.8 Å². The van der Waals surface area contributed by atoms with Gasteiger partial charge in [0.25, 0.3) is 5.91 Å². The van der Waals surface area contributed by atoms with Gasteiger partial charge in [0, 0.05) is 18.2 Å². The third-order valence-electron chi connectivity index (χ3n) is 3.67. The Bertz CT molecular complexity index is 890. The number of hydrazone groups is 1. The van der Waals surface area contributed by atoms with Crippen molar-refractivity contribution in [1.29, 1.82) is 0 Å². The molecule has 0 saturated carbocycles. The Hall–Kier alpha value is -3.48. The van der Waals surface area contributed by atoms with Crippen molar-refractivity contribution in [3.05, 3.63) is 59.7 Å². The van der Waals surface area contributed by atoms with Crippen molar-refractivity contribution in [1.82, 2.24) is 5.43 Å². The fraction of sp³-hybridized carbons (Fsp3) is 0.200. The number of carbonyl (C=O) groups is 3. The summed E-state index contributed by atoms with van der Waals surface area (Å²) in [5.41, 5.74) is 5.29. The Kier molecular flexibility index (Phi) is 6.82. The molecule has 0 fully saturated rings. The Morgan fingerprint density at radius 2 is 1.48 bits per heavy atom. The van der Waals surface area contributed by atoms with E-state index >= 15 is 0 Å². The van der Waals surface area contributed by atoms with Crippen molar-refractivity contribution in [2.75, 3.05) is 10.6 Å². The second-order valence-corrected chi connectivity index (χ2v) is 6.05. The van der Waals surface area contributed by atoms with E-state index in [0.717, 1.165) is 5.56 Å². The van der Waals surface area contributed by atoms with Gasteiger partial charge in [0.15, 0.2) is 0 Å². The van der Waals surface area contributed by atoms with Crippen molar-refractivity contribution in [2.24, 2.45) is 5.10 Å². The van der Waals surface area contributed by atoms with E-state index in [1.54, 1.807) is 43.3 Å². The molecule has 0 heterocycles. The highest BCUT2D eigenvalue weighted by Gasteiger charge is 2.10. The highest BCUT2D eigenvalue weighted by Crippen LogP contribution is 2.21. The second kappa shape index (κ2) is 9.28. The van der Waals surface area contributed by atoms with Crippen LogP contribution in [-0.4, -0.2) is 23.4 Å². The predicted molar refractivity (Wildman–Crippen MR) is 106 cm³/mol. The number of nitrogens with zero attached hydrogens (tertiary/aromatic N) is 1. The lowest BCUT2D eigenvalue weighted by Crippen LogP contribution is -2.22. The SMILES string of the molecule is CC(=O)Nc1ccccc1NC(=O)C/C(C)=N\NC(=O)c1ccccc1C. The average Bonchev–Trinajstić information content (AvgIpc) is 2.61. The lowest BCUT2D eigenvalue weighted by Gasteiger charge is -2.11. The maximum Gasteiger partial charge on any atom is 0.271 e. The number of hydrogen-bond donors (Lipinski definition) is 3. The first-order chi connectivity index (χ1) is 12.9. The van der Waals surface area contributed by atoms with Gasteiger partial charge in [-0.2, -0.15) is 5.10 Å². The number of benzene rings is 2. The molecule has 2 aromatic carbocycles. The highest BCUT2D eigenvalue weighted by molar-refractivity contribution is 6.08. The molecule has 0 spiro atoms. The van der Waals surface area contributed by atoms with Gasteiger partial charge >= 0.3 is 0 Å². The molecule has 0 saturated heterocycles. The molecule has 2 rings (SSSR count). The molecule has 3 amide bonds. The van der Waals surface area contributed by atoms with Crippen LogP contribution in [0.1, 0.15) is 36.2 Å². The van der Waals surface area contributed by atoms with Gasteiger partial charge in [-0.3, -0.25) is 14.4 Å². The van der Waals surface area contributed by atoms with Crippen LogP contribution in [0.2, 0.25) is 0 Å². The Morgan fingerprint density at radius 3 is 2.11 bits per heavy atom. The largest absolute Gasteiger partial charge is 0.325 e. The van der Waals surface area contributed by atoms with E-state index in [2.05, 4.69) is 21.2 Å². The monoisotopic (exact) mass is 366 g/mol. The van der Waals surface area contributed by atoms with Crippen molar-refractivity contribution in [2.45, 2.75) is 27.2 Å².